The van der Waals surface area contributed by atoms with Gasteiger partial charge in [0.05, 0.1) is 5.69 Å². The van der Waals surface area contributed by atoms with Crippen LogP contribution in [0.3, 0.4) is 0 Å². The summed E-state index contributed by atoms with van der Waals surface area (Å²) in [6.45, 7) is 18.6. The van der Waals surface area contributed by atoms with Crippen LogP contribution in [0.2, 0.25) is 0 Å². The molecule has 0 saturated heterocycles. The third-order valence-corrected chi connectivity index (χ3v) is 14.0. The van der Waals surface area contributed by atoms with Gasteiger partial charge in [0, 0.05) is 39.3 Å². The Balaban J connectivity index is 1.32. The van der Waals surface area contributed by atoms with E-state index in [0.717, 1.165) is 0 Å². The Morgan fingerprint density at radius 1 is 0.403 bits per heavy atom. The van der Waals surface area contributed by atoms with E-state index in [1.165, 1.54) is 106 Å². The third kappa shape index (κ3) is 5.78. The van der Waals surface area contributed by atoms with Gasteiger partial charge in [-0.15, -0.1) is 0 Å². The van der Waals surface area contributed by atoms with Gasteiger partial charge in [0.2, 0.25) is 0 Å². The molecule has 3 heteroatoms. The van der Waals surface area contributed by atoms with E-state index in [1.807, 2.05) is 0 Å². The molecule has 3 aliphatic rings. The fraction of sp³-hybridized carbons (Fsp3) is 0.186. The smallest absolute Gasteiger partial charge is 0.333 e. The molecule has 0 aromatic heterocycles. The van der Waals surface area contributed by atoms with Crippen molar-refractivity contribution in [2.75, 3.05) is 9.71 Å². The number of hydrogen-bond acceptors (Lipinski definition) is 2. The SMILES string of the molecule is CC(C)(C)c1ccc(N2B3c4c(cc(-c5ccccc5)cc4N(c4ccccc4-c4ccccc4)c4ccc5c(c43)-c3ccccc3C5(C)C)-c3cc(C(C)(C)C)ccc32)cc1. The lowest BCUT2D eigenvalue weighted by Crippen LogP contribution is -2.62. The first-order valence-electron chi connectivity index (χ1n) is 22.3. The van der Waals surface area contributed by atoms with E-state index in [4.69, 9.17) is 0 Å². The average Bonchev–Trinajstić information content (AvgIpc) is 3.52. The maximum Gasteiger partial charge on any atom is 0.333 e. The quantitative estimate of drug-likeness (QED) is 0.164. The first-order chi connectivity index (χ1) is 29.8. The van der Waals surface area contributed by atoms with Gasteiger partial charge in [0.25, 0.3) is 0 Å². The number of nitrogens with zero attached hydrogens (tertiary/aromatic N) is 2. The molecule has 0 atom stereocenters. The number of hydrogen-bond donors (Lipinski definition) is 0. The highest BCUT2D eigenvalue weighted by atomic mass is 15.2. The maximum atomic E-state index is 2.69. The first-order valence-corrected chi connectivity index (χ1v) is 22.3. The summed E-state index contributed by atoms with van der Waals surface area (Å²) in [4.78, 5) is 5.31. The first kappa shape index (κ1) is 38.4. The molecule has 0 radical (unpaired) electrons. The average molecular weight is 801 g/mol. The predicted molar refractivity (Wildman–Crippen MR) is 266 cm³/mol. The summed E-state index contributed by atoms with van der Waals surface area (Å²) in [6, 6.07) is 66.7. The van der Waals surface area contributed by atoms with Crippen LogP contribution < -0.4 is 20.6 Å². The highest BCUT2D eigenvalue weighted by molar-refractivity contribution is 6.94. The van der Waals surface area contributed by atoms with Crippen LogP contribution in [0.25, 0.3) is 44.5 Å². The van der Waals surface area contributed by atoms with E-state index in [-0.39, 0.29) is 23.1 Å². The lowest BCUT2D eigenvalue weighted by Gasteiger charge is -2.47. The molecule has 0 unspecified atom stereocenters. The second-order valence-corrected chi connectivity index (χ2v) is 20.2. The highest BCUT2D eigenvalue weighted by Crippen LogP contribution is 2.55. The fourth-order valence-electron chi connectivity index (χ4n) is 10.7. The van der Waals surface area contributed by atoms with Crippen molar-refractivity contribution in [2.24, 2.45) is 0 Å². The van der Waals surface area contributed by atoms with Gasteiger partial charge >= 0.3 is 6.85 Å². The van der Waals surface area contributed by atoms with Crippen molar-refractivity contribution >= 4 is 46.2 Å². The van der Waals surface area contributed by atoms with Gasteiger partial charge < -0.3 is 9.71 Å². The number of benzene rings is 8. The lowest BCUT2D eigenvalue weighted by molar-refractivity contribution is 0.590. The van der Waals surface area contributed by atoms with Crippen molar-refractivity contribution in [3.8, 4) is 44.5 Å². The molecule has 8 aromatic rings. The van der Waals surface area contributed by atoms with Crippen molar-refractivity contribution in [3.05, 3.63) is 198 Å². The second kappa shape index (κ2) is 13.7. The molecule has 8 aromatic carbocycles. The monoisotopic (exact) mass is 800 g/mol. The van der Waals surface area contributed by atoms with Gasteiger partial charge in [-0.2, -0.15) is 0 Å². The van der Waals surface area contributed by atoms with Gasteiger partial charge in [-0.3, -0.25) is 0 Å². The molecule has 0 amide bonds. The number of fused-ring (bicyclic) bond motifs is 8. The Bertz CT molecular complexity index is 3060. The molecule has 0 bridgehead atoms. The minimum atomic E-state index is -0.165. The molecule has 2 aliphatic heterocycles. The standard InChI is InChI=1S/C59H53BN2/c1-57(2,3)41-27-30-43(31-28-41)62-51-33-29-42(58(4,5)6)37-46(51)47-35-40(38-19-11-9-12-20-38)36-53-55(47)60(62)56-52(34-32-49-54(56)45-24-15-17-25-48(45)59(49,7)8)61(53)50-26-18-16-23-44(50)39-21-13-10-14-22-39/h9-37H,1-8H3. The number of anilines is 5. The van der Waals surface area contributed by atoms with E-state index in [0.29, 0.717) is 0 Å². The Hall–Kier alpha value is -6.58. The van der Waals surface area contributed by atoms with E-state index in [2.05, 4.69) is 241 Å². The Morgan fingerprint density at radius 3 is 1.69 bits per heavy atom. The van der Waals surface area contributed by atoms with Crippen molar-refractivity contribution in [1.29, 1.82) is 0 Å². The summed E-state index contributed by atoms with van der Waals surface area (Å²) < 4.78 is 0. The van der Waals surface area contributed by atoms with Crippen molar-refractivity contribution in [1.82, 2.24) is 0 Å². The summed E-state index contributed by atoms with van der Waals surface area (Å²) >= 11 is 0. The molecule has 0 fully saturated rings. The van der Waals surface area contributed by atoms with Gasteiger partial charge in [-0.05, 0) is 126 Å². The van der Waals surface area contributed by atoms with Gasteiger partial charge in [-0.25, -0.2) is 0 Å². The molecule has 302 valence electrons. The predicted octanol–water partition coefficient (Wildman–Crippen LogP) is 14.6. The highest BCUT2D eigenvalue weighted by Gasteiger charge is 2.50. The number of rotatable bonds is 4. The largest absolute Gasteiger partial charge is 0.376 e. The van der Waals surface area contributed by atoms with Crippen molar-refractivity contribution in [2.45, 2.75) is 71.6 Å². The van der Waals surface area contributed by atoms with Crippen LogP contribution in [-0.2, 0) is 16.2 Å². The Kier molecular flexibility index (Phi) is 8.48. The molecular formula is C59H53BN2. The summed E-state index contributed by atoms with van der Waals surface area (Å²) in [5.74, 6) is 0. The van der Waals surface area contributed by atoms with Crippen LogP contribution in [0.5, 0.6) is 0 Å². The molecule has 0 N–H and O–H groups in total. The normalized spacial score (nSPS) is 14.5. The van der Waals surface area contributed by atoms with Crippen molar-refractivity contribution < 1.29 is 0 Å². The lowest BCUT2D eigenvalue weighted by atomic mass is 9.42. The zero-order valence-corrected chi connectivity index (χ0v) is 37.2. The van der Waals surface area contributed by atoms with Crippen LogP contribution in [0.1, 0.15) is 77.6 Å². The minimum Gasteiger partial charge on any atom is -0.376 e. The summed E-state index contributed by atoms with van der Waals surface area (Å²) in [5.41, 5.74) is 24.1. The van der Waals surface area contributed by atoms with E-state index in [9.17, 15) is 0 Å². The summed E-state index contributed by atoms with van der Waals surface area (Å²) in [5, 5.41) is 0. The fourth-order valence-corrected chi connectivity index (χ4v) is 10.7. The zero-order valence-electron chi connectivity index (χ0n) is 37.2. The van der Waals surface area contributed by atoms with Crippen LogP contribution in [0, 0.1) is 0 Å². The Morgan fingerprint density at radius 2 is 1.00 bits per heavy atom. The van der Waals surface area contributed by atoms with E-state index < -0.39 is 0 Å². The maximum absolute atomic E-state index is 2.69. The third-order valence-electron chi connectivity index (χ3n) is 14.0. The molecule has 1 aliphatic carbocycles. The summed E-state index contributed by atoms with van der Waals surface area (Å²) in [6.07, 6.45) is 0. The molecule has 2 nitrogen and oxygen atoms in total. The zero-order chi connectivity index (χ0) is 42.7. The molecule has 0 spiro atoms. The topological polar surface area (TPSA) is 6.48 Å². The minimum absolute atomic E-state index is 0.0355. The molecular weight excluding hydrogens is 747 g/mol. The second-order valence-electron chi connectivity index (χ2n) is 20.2. The molecule has 2 heterocycles. The van der Waals surface area contributed by atoms with Crippen LogP contribution in [-0.4, -0.2) is 6.85 Å². The van der Waals surface area contributed by atoms with Crippen LogP contribution >= 0.6 is 0 Å². The van der Waals surface area contributed by atoms with Gasteiger partial charge in [0.15, 0.2) is 0 Å². The van der Waals surface area contributed by atoms with E-state index in [1.54, 1.807) is 0 Å². The summed E-state index contributed by atoms with van der Waals surface area (Å²) in [7, 11) is 0. The molecule has 11 rings (SSSR count). The van der Waals surface area contributed by atoms with Crippen LogP contribution in [0.4, 0.5) is 28.4 Å². The molecule has 62 heavy (non-hydrogen) atoms. The van der Waals surface area contributed by atoms with E-state index >= 15 is 0 Å². The van der Waals surface area contributed by atoms with Crippen molar-refractivity contribution in [3.63, 3.8) is 0 Å². The molecule has 0 saturated carbocycles. The van der Waals surface area contributed by atoms with Gasteiger partial charge in [-0.1, -0.05) is 183 Å². The van der Waals surface area contributed by atoms with Crippen LogP contribution in [0.15, 0.2) is 176 Å². The Labute approximate surface area is 368 Å². The van der Waals surface area contributed by atoms with Gasteiger partial charge in [0.1, 0.15) is 0 Å². The number of para-hydroxylation sites is 1.